The molecule has 1 atom stereocenters. The molecule has 4 rings (SSSR count). The summed E-state index contributed by atoms with van der Waals surface area (Å²) in [4.78, 5) is 28.6. The molecule has 0 radical (unpaired) electrons. The van der Waals surface area contributed by atoms with Crippen LogP contribution in [0.15, 0.2) is 46.9 Å². The predicted octanol–water partition coefficient (Wildman–Crippen LogP) is 4.40. The maximum absolute atomic E-state index is 12.9. The third-order valence-electron chi connectivity index (χ3n) is 6.32. The van der Waals surface area contributed by atoms with Crippen molar-refractivity contribution >= 4 is 34.2 Å². The highest BCUT2D eigenvalue weighted by atomic mass is 32.2. The highest BCUT2D eigenvalue weighted by molar-refractivity contribution is 7.76. The molecule has 0 aliphatic heterocycles. The summed E-state index contributed by atoms with van der Waals surface area (Å²) in [5, 5.41) is 12.3. The molecule has 2 heterocycles. The molecule has 1 saturated carbocycles. The number of pyridine rings is 1. The van der Waals surface area contributed by atoms with Crippen LogP contribution >= 0.6 is 0 Å². The molecular formula is C26H29N3O6S. The van der Waals surface area contributed by atoms with Gasteiger partial charge in [-0.05, 0) is 50.2 Å². The molecule has 10 heteroatoms. The number of fused-ring (bicyclic) bond motifs is 1. The minimum atomic E-state index is -2.28. The highest BCUT2D eigenvalue weighted by Crippen LogP contribution is 2.44. The molecule has 0 bridgehead atoms. The molecule has 3 N–H and O–H groups in total. The van der Waals surface area contributed by atoms with Crippen LogP contribution in [-0.2, 0) is 22.6 Å². The average Bonchev–Trinajstić information content (AvgIpc) is 3.63. The molecule has 2 aromatic heterocycles. The minimum absolute atomic E-state index is 0.0536. The zero-order valence-corrected chi connectivity index (χ0v) is 21.1. The summed E-state index contributed by atoms with van der Waals surface area (Å²) in [7, 11) is 1.57. The van der Waals surface area contributed by atoms with E-state index in [4.69, 9.17) is 14.5 Å². The summed E-state index contributed by atoms with van der Waals surface area (Å²) in [6.45, 7) is 5.76. The quantitative estimate of drug-likeness (QED) is 0.257. The van der Waals surface area contributed by atoms with E-state index >= 15 is 0 Å². The van der Waals surface area contributed by atoms with Crippen molar-refractivity contribution in [1.82, 2.24) is 14.6 Å². The fourth-order valence-corrected chi connectivity index (χ4v) is 4.68. The molecule has 3 aromatic rings. The summed E-state index contributed by atoms with van der Waals surface area (Å²) >= 11 is -2.28. The first-order valence-corrected chi connectivity index (χ1v) is 12.8. The zero-order chi connectivity index (χ0) is 26.0. The maximum atomic E-state index is 12.9. The number of aromatic nitrogens is 1. The number of nitrogens with one attached hydrogen (secondary N) is 1. The number of carbonyl (C=O) groups excluding carboxylic acids is 1. The van der Waals surface area contributed by atoms with Gasteiger partial charge in [-0.3, -0.25) is 9.35 Å². The van der Waals surface area contributed by atoms with Crippen molar-refractivity contribution in [1.29, 1.82) is 0 Å². The molecular weight excluding hydrogens is 482 g/mol. The summed E-state index contributed by atoms with van der Waals surface area (Å²) in [5.74, 6) is -0.681. The zero-order valence-electron chi connectivity index (χ0n) is 20.2. The van der Waals surface area contributed by atoms with Gasteiger partial charge in [-0.1, -0.05) is 36.4 Å². The topological polar surface area (TPSA) is 133 Å². The fraction of sp³-hybridized carbons (Fsp3) is 0.346. The summed E-state index contributed by atoms with van der Waals surface area (Å²) < 4.78 is 29.4. The Kier molecular flexibility index (Phi) is 7.67. The third kappa shape index (κ3) is 5.56. The Balaban J connectivity index is 1.73. The number of aliphatic carboxylic acids is 1. The van der Waals surface area contributed by atoms with Gasteiger partial charge in [0.2, 0.25) is 17.0 Å². The van der Waals surface area contributed by atoms with E-state index in [1.54, 1.807) is 7.05 Å². The van der Waals surface area contributed by atoms with Crippen molar-refractivity contribution in [2.24, 2.45) is 0 Å². The third-order valence-corrected chi connectivity index (χ3v) is 7.07. The van der Waals surface area contributed by atoms with Gasteiger partial charge in [0.05, 0.1) is 23.2 Å². The maximum Gasteiger partial charge on any atom is 0.330 e. The van der Waals surface area contributed by atoms with Crippen molar-refractivity contribution in [3.05, 3.63) is 64.9 Å². The lowest BCUT2D eigenvalue weighted by molar-refractivity contribution is -0.132. The molecule has 190 valence electrons. The van der Waals surface area contributed by atoms with E-state index in [-0.39, 0.29) is 42.6 Å². The van der Waals surface area contributed by atoms with Crippen molar-refractivity contribution in [2.45, 2.75) is 45.1 Å². The van der Waals surface area contributed by atoms with E-state index in [0.29, 0.717) is 28.8 Å². The van der Waals surface area contributed by atoms with Crippen LogP contribution in [0.2, 0.25) is 0 Å². The van der Waals surface area contributed by atoms with E-state index in [1.807, 2.05) is 37.3 Å². The van der Waals surface area contributed by atoms with Crippen LogP contribution in [0.1, 0.15) is 58.8 Å². The van der Waals surface area contributed by atoms with Crippen LogP contribution in [0.4, 0.5) is 0 Å². The van der Waals surface area contributed by atoms with Crippen molar-refractivity contribution < 1.29 is 27.9 Å². The molecule has 1 aromatic carbocycles. The number of carbonyl (C=O) groups is 2. The molecule has 1 aliphatic carbocycles. The Morgan fingerprint density at radius 1 is 1.28 bits per heavy atom. The van der Waals surface area contributed by atoms with Crippen LogP contribution in [0.3, 0.4) is 0 Å². The van der Waals surface area contributed by atoms with Crippen molar-refractivity contribution in [2.75, 3.05) is 13.6 Å². The lowest BCUT2D eigenvalue weighted by Gasteiger charge is -2.19. The standard InChI is InChI=1S/C26H29N3O6S/c1-15-6-8-18(9-7-15)23-22(24(30)27-3)20-13-19(17-10-11-17)21(28-25(20)35-23)14-29(36(33)34)12-4-5-16(2)26(31)32/h6-9,13,17H,2,4-5,10-12,14H2,1,3H3,(H,27,30)(H,31,32)(H,33,34). The summed E-state index contributed by atoms with van der Waals surface area (Å²) in [6.07, 6.45) is 2.51. The SMILES string of the molecule is C=C(CCCN(Cc1nc2oc(-c3ccc(C)cc3)c(C(=O)NC)c2cc1C1CC1)S(=O)O)C(=O)O. The lowest BCUT2D eigenvalue weighted by Crippen LogP contribution is -2.27. The van der Waals surface area contributed by atoms with Gasteiger partial charge in [0.25, 0.3) is 5.91 Å². The van der Waals surface area contributed by atoms with Crippen LogP contribution < -0.4 is 5.32 Å². The predicted molar refractivity (Wildman–Crippen MR) is 137 cm³/mol. The van der Waals surface area contributed by atoms with Gasteiger partial charge in [0, 0.05) is 24.7 Å². The minimum Gasteiger partial charge on any atom is -0.478 e. The number of carboxylic acid groups (broad SMARTS) is 1. The molecule has 9 nitrogen and oxygen atoms in total. The van der Waals surface area contributed by atoms with Crippen molar-refractivity contribution in [3.63, 3.8) is 0 Å². The van der Waals surface area contributed by atoms with Gasteiger partial charge in [0.15, 0.2) is 0 Å². The second-order valence-electron chi connectivity index (χ2n) is 9.01. The Bertz CT molecular complexity index is 1340. The van der Waals surface area contributed by atoms with E-state index in [0.717, 1.165) is 29.5 Å². The molecule has 1 amide bonds. The van der Waals surface area contributed by atoms with E-state index < -0.39 is 17.2 Å². The Labute approximate surface area is 211 Å². The van der Waals surface area contributed by atoms with Crippen LogP contribution in [0.5, 0.6) is 0 Å². The van der Waals surface area contributed by atoms with Gasteiger partial charge < -0.3 is 14.8 Å². The molecule has 1 unspecified atom stereocenters. The van der Waals surface area contributed by atoms with E-state index in [9.17, 15) is 18.4 Å². The van der Waals surface area contributed by atoms with Gasteiger partial charge in [-0.25, -0.2) is 14.0 Å². The highest BCUT2D eigenvalue weighted by Gasteiger charge is 2.31. The smallest absolute Gasteiger partial charge is 0.330 e. The van der Waals surface area contributed by atoms with Crippen molar-refractivity contribution in [3.8, 4) is 11.3 Å². The van der Waals surface area contributed by atoms with Crippen LogP contribution in [-0.4, -0.2) is 48.6 Å². The molecule has 1 aliphatic rings. The number of nitrogens with zero attached hydrogens (tertiary/aromatic N) is 2. The van der Waals surface area contributed by atoms with Gasteiger partial charge in [0.1, 0.15) is 5.76 Å². The number of benzene rings is 1. The largest absolute Gasteiger partial charge is 0.478 e. The van der Waals surface area contributed by atoms with E-state index in [2.05, 4.69) is 11.9 Å². The second kappa shape index (κ2) is 10.7. The Hall–Kier alpha value is -3.34. The normalized spacial score (nSPS) is 14.2. The first kappa shape index (κ1) is 25.7. The Morgan fingerprint density at radius 3 is 2.56 bits per heavy atom. The number of furan rings is 1. The first-order chi connectivity index (χ1) is 17.2. The first-order valence-electron chi connectivity index (χ1n) is 11.7. The summed E-state index contributed by atoms with van der Waals surface area (Å²) in [6, 6.07) is 9.59. The van der Waals surface area contributed by atoms with E-state index in [1.165, 1.54) is 4.31 Å². The number of carboxylic acids is 1. The number of hydrogen-bond donors (Lipinski definition) is 3. The fourth-order valence-electron chi connectivity index (χ4n) is 4.16. The van der Waals surface area contributed by atoms with Gasteiger partial charge in [-0.2, -0.15) is 4.31 Å². The summed E-state index contributed by atoms with van der Waals surface area (Å²) in [5.41, 5.74) is 4.11. The number of amides is 1. The molecule has 0 saturated heterocycles. The number of rotatable bonds is 11. The average molecular weight is 512 g/mol. The number of hydrogen-bond acceptors (Lipinski definition) is 5. The molecule has 0 spiro atoms. The lowest BCUT2D eigenvalue weighted by atomic mass is 10.0. The van der Waals surface area contributed by atoms with Gasteiger partial charge in [-0.15, -0.1) is 0 Å². The Morgan fingerprint density at radius 2 is 1.97 bits per heavy atom. The number of aryl methyl sites for hydroxylation is 1. The molecule has 36 heavy (non-hydrogen) atoms. The second-order valence-corrected chi connectivity index (χ2v) is 9.99. The van der Waals surface area contributed by atoms with Crippen LogP contribution in [0.25, 0.3) is 22.4 Å². The van der Waals surface area contributed by atoms with Gasteiger partial charge >= 0.3 is 5.97 Å². The van der Waals surface area contributed by atoms with Crippen LogP contribution in [0, 0.1) is 6.92 Å². The molecule has 1 fully saturated rings. The monoisotopic (exact) mass is 511 g/mol.